The molecule has 0 aromatic heterocycles. The van der Waals surface area contributed by atoms with Crippen molar-refractivity contribution in [2.75, 3.05) is 31.1 Å². The number of unbranched alkanes of at least 4 members (excludes halogenated alkanes) is 1. The molecule has 2 rings (SSSR count). The van der Waals surface area contributed by atoms with Crippen molar-refractivity contribution in [3.8, 4) is 5.75 Å². The number of hydrogen-bond acceptors (Lipinski definition) is 9. The predicted octanol–water partition coefficient (Wildman–Crippen LogP) is 0.192. The second-order valence-corrected chi connectivity index (χ2v) is 12.7. The molecule has 0 aliphatic carbocycles. The van der Waals surface area contributed by atoms with E-state index in [1.807, 2.05) is 13.8 Å². The summed E-state index contributed by atoms with van der Waals surface area (Å²) in [6.07, 6.45) is 1.87. The Bertz CT molecular complexity index is 1030. The first-order chi connectivity index (χ1) is 19.6. The molecule has 41 heavy (non-hydrogen) atoms. The molecule has 3 atom stereocenters. The highest BCUT2D eigenvalue weighted by molar-refractivity contribution is 8.76. The van der Waals surface area contributed by atoms with E-state index in [1.165, 1.54) is 33.7 Å². The highest BCUT2D eigenvalue weighted by Crippen LogP contribution is 2.21. The molecule has 0 saturated carbocycles. The van der Waals surface area contributed by atoms with Crippen LogP contribution in [0.1, 0.15) is 45.1 Å². The first-order valence-corrected chi connectivity index (χ1v) is 16.3. The van der Waals surface area contributed by atoms with Crippen molar-refractivity contribution < 1.29 is 29.1 Å². The minimum atomic E-state index is -0.950. The van der Waals surface area contributed by atoms with Gasteiger partial charge in [0, 0.05) is 30.9 Å². The zero-order valence-electron chi connectivity index (χ0n) is 23.6. The van der Waals surface area contributed by atoms with Crippen molar-refractivity contribution in [1.29, 1.82) is 0 Å². The first-order valence-electron chi connectivity index (χ1n) is 13.8. The van der Waals surface area contributed by atoms with Crippen LogP contribution in [0.3, 0.4) is 0 Å². The lowest BCUT2D eigenvalue weighted by molar-refractivity contribution is -0.133. The Balaban J connectivity index is 2.20. The Labute approximate surface area is 248 Å². The molecule has 8 N–H and O–H groups in total. The highest BCUT2D eigenvalue weighted by atomic mass is 33.1. The topological polar surface area (TPSA) is 192 Å². The fourth-order valence-corrected chi connectivity index (χ4v) is 5.90. The fourth-order valence-electron chi connectivity index (χ4n) is 4.01. The SMILES string of the molecule is CC(C)[C@@H]1NC(=O)[C@H](CCCCN)NC(=O)CNC(=O)C(Cc2ccc(O)cc2)NC(=O)CCSSCCNC1=O. The molecule has 1 heterocycles. The number of carbonyl (C=O) groups excluding carboxylic acids is 5. The van der Waals surface area contributed by atoms with E-state index in [0.29, 0.717) is 49.4 Å². The van der Waals surface area contributed by atoms with Crippen LogP contribution in [-0.2, 0) is 30.4 Å². The Hall–Kier alpha value is -2.97. The lowest BCUT2D eigenvalue weighted by Gasteiger charge is -2.25. The van der Waals surface area contributed by atoms with Gasteiger partial charge in [0.25, 0.3) is 0 Å². The summed E-state index contributed by atoms with van der Waals surface area (Å²) in [5.41, 5.74) is 6.31. The van der Waals surface area contributed by atoms with Crippen LogP contribution >= 0.6 is 21.6 Å². The van der Waals surface area contributed by atoms with Crippen molar-refractivity contribution in [2.45, 2.75) is 64.1 Å². The molecule has 1 aromatic rings. The van der Waals surface area contributed by atoms with E-state index >= 15 is 0 Å². The maximum absolute atomic E-state index is 13.2. The zero-order chi connectivity index (χ0) is 30.2. The summed E-state index contributed by atoms with van der Waals surface area (Å²) in [6, 6.07) is 3.62. The van der Waals surface area contributed by atoms with Crippen LogP contribution in [0.15, 0.2) is 24.3 Å². The monoisotopic (exact) mass is 610 g/mol. The standard InChI is InChI=1S/C27H42N6O6S2/c1-17(2)24-27(39)29-12-14-41-40-13-10-22(35)32-21(15-18-6-8-19(34)9-7-18)25(37)30-16-23(36)31-20(26(38)33-24)5-3-4-11-28/h6-9,17,20-21,24,34H,3-5,10-16,28H2,1-2H3,(H,29,39)(H,30,37)(H,31,36)(H,32,35)(H,33,38)/t20-,21?,24-/m0/s1. The molecule has 0 bridgehead atoms. The number of hydrogen-bond donors (Lipinski definition) is 7. The van der Waals surface area contributed by atoms with Gasteiger partial charge in [0.2, 0.25) is 29.5 Å². The zero-order valence-corrected chi connectivity index (χ0v) is 25.2. The second-order valence-electron chi connectivity index (χ2n) is 10.0. The summed E-state index contributed by atoms with van der Waals surface area (Å²) in [5, 5.41) is 23.1. The summed E-state index contributed by atoms with van der Waals surface area (Å²) in [5.74, 6) is -1.29. The van der Waals surface area contributed by atoms with E-state index in [-0.39, 0.29) is 36.3 Å². The van der Waals surface area contributed by atoms with Crippen LogP contribution in [0.5, 0.6) is 5.75 Å². The number of nitrogens with one attached hydrogen (secondary N) is 5. The van der Waals surface area contributed by atoms with Crippen molar-refractivity contribution in [3.05, 3.63) is 29.8 Å². The largest absolute Gasteiger partial charge is 0.508 e. The van der Waals surface area contributed by atoms with Crippen LogP contribution in [0.4, 0.5) is 0 Å². The van der Waals surface area contributed by atoms with Crippen molar-refractivity contribution in [1.82, 2.24) is 26.6 Å². The molecule has 0 spiro atoms. The molecule has 1 aliphatic heterocycles. The average molecular weight is 611 g/mol. The van der Waals surface area contributed by atoms with Crippen molar-refractivity contribution >= 4 is 51.1 Å². The minimum Gasteiger partial charge on any atom is -0.508 e. The van der Waals surface area contributed by atoms with E-state index in [0.717, 1.165) is 0 Å². The number of phenolic OH excluding ortho intramolecular Hbond substituents is 1. The molecule has 228 valence electrons. The highest BCUT2D eigenvalue weighted by Gasteiger charge is 2.29. The third-order valence-electron chi connectivity index (χ3n) is 6.28. The lowest BCUT2D eigenvalue weighted by atomic mass is 10.0. The van der Waals surface area contributed by atoms with Gasteiger partial charge in [0.15, 0.2) is 0 Å². The van der Waals surface area contributed by atoms with Gasteiger partial charge in [-0.15, -0.1) is 0 Å². The maximum atomic E-state index is 13.2. The van der Waals surface area contributed by atoms with Gasteiger partial charge in [-0.05, 0) is 49.4 Å². The Morgan fingerprint density at radius 2 is 1.54 bits per heavy atom. The Morgan fingerprint density at radius 1 is 0.854 bits per heavy atom. The maximum Gasteiger partial charge on any atom is 0.243 e. The molecule has 12 nitrogen and oxygen atoms in total. The third kappa shape index (κ3) is 13.0. The van der Waals surface area contributed by atoms with Gasteiger partial charge in [-0.2, -0.15) is 0 Å². The van der Waals surface area contributed by atoms with Crippen LogP contribution < -0.4 is 32.3 Å². The summed E-state index contributed by atoms with van der Waals surface area (Å²) in [7, 11) is 2.99. The summed E-state index contributed by atoms with van der Waals surface area (Å²) in [4.78, 5) is 64.5. The molecule has 0 radical (unpaired) electrons. The van der Waals surface area contributed by atoms with Gasteiger partial charge in [0.05, 0.1) is 6.54 Å². The Morgan fingerprint density at radius 3 is 2.22 bits per heavy atom. The van der Waals surface area contributed by atoms with Gasteiger partial charge in [-0.1, -0.05) is 47.6 Å². The number of nitrogens with two attached hydrogens (primary N) is 1. The van der Waals surface area contributed by atoms with Crippen LogP contribution in [0.25, 0.3) is 0 Å². The molecule has 1 unspecified atom stereocenters. The van der Waals surface area contributed by atoms with E-state index in [1.54, 1.807) is 12.1 Å². The van der Waals surface area contributed by atoms with Crippen molar-refractivity contribution in [3.63, 3.8) is 0 Å². The fraction of sp³-hybridized carbons (Fsp3) is 0.593. The van der Waals surface area contributed by atoms with E-state index in [9.17, 15) is 29.1 Å². The molecular weight excluding hydrogens is 568 g/mol. The summed E-state index contributed by atoms with van der Waals surface area (Å²) >= 11 is 0. The number of aromatic hydroxyl groups is 1. The average Bonchev–Trinajstić information content (AvgIpc) is 2.93. The van der Waals surface area contributed by atoms with Gasteiger partial charge in [-0.3, -0.25) is 24.0 Å². The number of amides is 5. The minimum absolute atomic E-state index is 0.0778. The molecule has 1 aliphatic rings. The second kappa shape index (κ2) is 18.5. The smallest absolute Gasteiger partial charge is 0.243 e. The lowest BCUT2D eigenvalue weighted by Crippen LogP contribution is -2.56. The third-order valence-corrected chi connectivity index (χ3v) is 8.69. The van der Waals surface area contributed by atoms with Gasteiger partial charge in [-0.25, -0.2) is 0 Å². The number of carbonyl (C=O) groups is 5. The van der Waals surface area contributed by atoms with E-state index in [4.69, 9.17) is 5.73 Å². The first kappa shape index (κ1) is 34.2. The number of rotatable bonds is 7. The summed E-state index contributed by atoms with van der Waals surface area (Å²) in [6.45, 7) is 4.05. The van der Waals surface area contributed by atoms with Crippen LogP contribution in [0, 0.1) is 5.92 Å². The van der Waals surface area contributed by atoms with Gasteiger partial charge >= 0.3 is 0 Å². The molecule has 1 fully saturated rings. The molecular formula is C27H42N6O6S2. The molecule has 1 aromatic carbocycles. The van der Waals surface area contributed by atoms with Crippen LogP contribution in [-0.4, -0.2) is 83.9 Å². The van der Waals surface area contributed by atoms with Gasteiger partial charge in [0.1, 0.15) is 23.9 Å². The molecule has 14 heteroatoms. The quantitative estimate of drug-likeness (QED) is 0.167. The molecule has 1 saturated heterocycles. The Kier molecular flexibility index (Phi) is 15.4. The van der Waals surface area contributed by atoms with E-state index in [2.05, 4.69) is 26.6 Å². The number of benzene rings is 1. The molecule has 5 amide bonds. The predicted molar refractivity (Wildman–Crippen MR) is 161 cm³/mol. The van der Waals surface area contributed by atoms with Crippen molar-refractivity contribution in [2.24, 2.45) is 11.7 Å². The normalized spacial score (nSPS) is 22.6. The van der Waals surface area contributed by atoms with E-state index < -0.39 is 42.4 Å². The van der Waals surface area contributed by atoms with Gasteiger partial charge < -0.3 is 37.4 Å². The summed E-state index contributed by atoms with van der Waals surface area (Å²) < 4.78 is 0. The number of phenols is 1. The van der Waals surface area contributed by atoms with Crippen LogP contribution in [0.2, 0.25) is 0 Å².